The highest BCUT2D eigenvalue weighted by Crippen LogP contribution is 2.42. The van der Waals surface area contributed by atoms with Crippen molar-refractivity contribution in [3.05, 3.63) is 33.3 Å². The first-order valence-electron chi connectivity index (χ1n) is 7.74. The van der Waals surface area contributed by atoms with Gasteiger partial charge in [0, 0.05) is 28.8 Å². The normalized spacial score (nSPS) is 15.0. The van der Waals surface area contributed by atoms with Crippen molar-refractivity contribution in [2.24, 2.45) is 0 Å². The summed E-state index contributed by atoms with van der Waals surface area (Å²) >= 11 is 18.5. The molecule has 0 aliphatic carbocycles. The standard InChI is InChI=1S/C16H21Cl2O5PS2/c1-5-22-14(16(23-6-2,26-24-25)15(20)21-4)13(19)10-7-11(17)9(3)12(18)8-10/h7-8,14H,5-6,24H2,1-4H3. The first-order valence-corrected chi connectivity index (χ1v) is 12.7. The SMILES string of the molecule is CCOC(C(=O)c1cc(Cl)c(C)c(Cl)c1)C(OCC)(S[PH2]=S)C(=O)OC. The molecule has 0 spiro atoms. The van der Waals surface area contributed by atoms with Crippen molar-refractivity contribution in [3.63, 3.8) is 0 Å². The summed E-state index contributed by atoms with van der Waals surface area (Å²) in [6.07, 6.45) is -1.25. The summed E-state index contributed by atoms with van der Waals surface area (Å²) in [5, 5.41) is 0.690. The average Bonchev–Trinajstić information content (AvgIpc) is 2.62. The molecule has 0 saturated heterocycles. The molecule has 3 unspecified atom stereocenters. The van der Waals surface area contributed by atoms with E-state index in [0.29, 0.717) is 15.6 Å². The van der Waals surface area contributed by atoms with Crippen LogP contribution in [-0.2, 0) is 30.8 Å². The van der Waals surface area contributed by atoms with Gasteiger partial charge in [-0.3, -0.25) is 4.79 Å². The molecule has 3 atom stereocenters. The number of ether oxygens (including phenoxy) is 3. The lowest BCUT2D eigenvalue weighted by Gasteiger charge is -2.35. The predicted octanol–water partition coefficient (Wildman–Crippen LogP) is 4.32. The maximum absolute atomic E-state index is 13.2. The molecule has 0 radical (unpaired) electrons. The van der Waals surface area contributed by atoms with Gasteiger partial charge in [0.05, 0.1) is 7.11 Å². The van der Waals surface area contributed by atoms with E-state index in [2.05, 4.69) is 0 Å². The van der Waals surface area contributed by atoms with Crippen LogP contribution >= 0.6 is 41.1 Å². The molecule has 0 amide bonds. The van der Waals surface area contributed by atoms with Crippen molar-refractivity contribution in [1.82, 2.24) is 0 Å². The number of carbonyl (C=O) groups is 2. The van der Waals surface area contributed by atoms with Crippen LogP contribution in [0.3, 0.4) is 0 Å². The molecule has 5 nitrogen and oxygen atoms in total. The highest BCUT2D eigenvalue weighted by Gasteiger charge is 2.53. The van der Waals surface area contributed by atoms with Crippen LogP contribution in [0.2, 0.25) is 10.0 Å². The van der Waals surface area contributed by atoms with Gasteiger partial charge in [0.2, 0.25) is 4.93 Å². The first-order chi connectivity index (χ1) is 12.3. The highest BCUT2D eigenvalue weighted by molar-refractivity contribution is 8.58. The van der Waals surface area contributed by atoms with Crippen molar-refractivity contribution in [2.45, 2.75) is 31.8 Å². The summed E-state index contributed by atoms with van der Waals surface area (Å²) in [7, 11) is 1.22. The summed E-state index contributed by atoms with van der Waals surface area (Å²) in [5.74, 6) is -1.21. The molecule has 0 heterocycles. The van der Waals surface area contributed by atoms with E-state index >= 15 is 0 Å². The molecule has 0 aromatic heterocycles. The topological polar surface area (TPSA) is 61.8 Å². The van der Waals surface area contributed by atoms with Gasteiger partial charge in [-0.05, 0) is 45.0 Å². The molecule has 1 aromatic carbocycles. The number of hydrogen-bond donors (Lipinski definition) is 0. The van der Waals surface area contributed by atoms with Crippen molar-refractivity contribution in [1.29, 1.82) is 0 Å². The Morgan fingerprint density at radius 2 is 1.85 bits per heavy atom. The third kappa shape index (κ3) is 5.22. The number of rotatable bonds is 10. The van der Waals surface area contributed by atoms with E-state index in [9.17, 15) is 9.59 Å². The van der Waals surface area contributed by atoms with Gasteiger partial charge in [-0.15, -0.1) is 0 Å². The molecule has 26 heavy (non-hydrogen) atoms. The second-order valence-corrected chi connectivity index (χ2v) is 9.94. The highest BCUT2D eigenvalue weighted by atomic mass is 35.5. The van der Waals surface area contributed by atoms with Crippen molar-refractivity contribution in [2.75, 3.05) is 20.3 Å². The lowest BCUT2D eigenvalue weighted by molar-refractivity contribution is -0.167. The van der Waals surface area contributed by atoms with E-state index < -0.39 is 29.3 Å². The van der Waals surface area contributed by atoms with Gasteiger partial charge in [0.1, 0.15) is 0 Å². The summed E-state index contributed by atoms with van der Waals surface area (Å²) in [4.78, 5) is 24.1. The Balaban J connectivity index is 3.52. The number of ketones is 1. The quantitative estimate of drug-likeness (QED) is 0.224. The molecule has 0 bridgehead atoms. The van der Waals surface area contributed by atoms with Crippen LogP contribution in [-0.4, -0.2) is 43.1 Å². The molecule has 0 aliphatic heterocycles. The molecule has 146 valence electrons. The van der Waals surface area contributed by atoms with Crippen LogP contribution < -0.4 is 0 Å². The van der Waals surface area contributed by atoms with Gasteiger partial charge < -0.3 is 14.2 Å². The average molecular weight is 459 g/mol. The lowest BCUT2D eigenvalue weighted by atomic mass is 10.00. The molecular weight excluding hydrogens is 438 g/mol. The van der Waals surface area contributed by atoms with Crippen LogP contribution in [0.5, 0.6) is 0 Å². The van der Waals surface area contributed by atoms with Gasteiger partial charge in [-0.1, -0.05) is 46.4 Å². The number of carbonyl (C=O) groups excluding carboxylic acids is 2. The number of hydrogen-bond acceptors (Lipinski definition) is 7. The second-order valence-electron chi connectivity index (χ2n) is 5.07. The minimum atomic E-state index is -1.68. The number of methoxy groups -OCH3 is 1. The van der Waals surface area contributed by atoms with Crippen LogP contribution in [0.1, 0.15) is 29.8 Å². The Morgan fingerprint density at radius 3 is 2.27 bits per heavy atom. The van der Waals surface area contributed by atoms with Crippen molar-refractivity contribution >= 4 is 64.7 Å². The molecule has 0 N–H and O–H groups in total. The zero-order valence-corrected chi connectivity index (χ0v) is 19.1. The number of Topliss-reactive ketones (excluding diaryl/α,β-unsaturated/α-hetero) is 1. The molecule has 0 fully saturated rings. The van der Waals surface area contributed by atoms with E-state index in [1.807, 2.05) is 0 Å². The van der Waals surface area contributed by atoms with Crippen LogP contribution in [0.15, 0.2) is 12.1 Å². The van der Waals surface area contributed by atoms with Gasteiger partial charge in [0.25, 0.3) is 0 Å². The largest absolute Gasteiger partial charge is 0.466 e. The Morgan fingerprint density at radius 1 is 1.27 bits per heavy atom. The third-order valence-corrected chi connectivity index (χ3v) is 7.47. The molecule has 1 rings (SSSR count). The van der Waals surface area contributed by atoms with E-state index in [4.69, 9.17) is 49.2 Å². The number of benzene rings is 1. The predicted molar refractivity (Wildman–Crippen MR) is 112 cm³/mol. The minimum Gasteiger partial charge on any atom is -0.466 e. The molecule has 0 aliphatic rings. The minimum absolute atomic E-state index is 0.170. The summed E-state index contributed by atoms with van der Waals surface area (Å²) in [6, 6.07) is 2.99. The van der Waals surface area contributed by atoms with E-state index in [-0.39, 0.29) is 18.8 Å². The van der Waals surface area contributed by atoms with E-state index in [1.165, 1.54) is 19.2 Å². The van der Waals surface area contributed by atoms with Crippen LogP contribution in [0, 0.1) is 6.92 Å². The maximum atomic E-state index is 13.2. The molecule has 0 saturated carbocycles. The first kappa shape index (κ1) is 23.9. The van der Waals surface area contributed by atoms with Gasteiger partial charge in [-0.2, -0.15) is 0 Å². The lowest BCUT2D eigenvalue weighted by Crippen LogP contribution is -2.54. The fraction of sp³-hybridized carbons (Fsp3) is 0.500. The maximum Gasteiger partial charge on any atom is 0.352 e. The van der Waals surface area contributed by atoms with Crippen molar-refractivity contribution < 1.29 is 23.8 Å². The molecule has 10 heteroatoms. The number of esters is 1. The summed E-state index contributed by atoms with van der Waals surface area (Å²) < 4.78 is 16.2. The third-order valence-electron chi connectivity index (χ3n) is 3.53. The van der Waals surface area contributed by atoms with Gasteiger partial charge >= 0.3 is 5.97 Å². The van der Waals surface area contributed by atoms with E-state index in [1.54, 1.807) is 20.8 Å². The Hall–Kier alpha value is -0.140. The Kier molecular flexibility index (Phi) is 10.1. The second kappa shape index (κ2) is 11.0. The zero-order chi connectivity index (χ0) is 19.9. The molecule has 1 aromatic rings. The number of halogens is 2. The summed E-state index contributed by atoms with van der Waals surface area (Å²) in [6.45, 7) is 4.87. The monoisotopic (exact) mass is 458 g/mol. The summed E-state index contributed by atoms with van der Waals surface area (Å²) in [5.41, 5.74) is 0.878. The fourth-order valence-electron chi connectivity index (χ4n) is 2.28. The van der Waals surface area contributed by atoms with E-state index in [0.717, 1.165) is 11.4 Å². The Labute approximate surface area is 173 Å². The van der Waals surface area contributed by atoms with Gasteiger partial charge in [0.15, 0.2) is 11.9 Å². The van der Waals surface area contributed by atoms with Crippen LogP contribution in [0.25, 0.3) is 0 Å². The van der Waals surface area contributed by atoms with Crippen LogP contribution in [0.4, 0.5) is 0 Å². The van der Waals surface area contributed by atoms with Gasteiger partial charge in [-0.25, -0.2) is 4.79 Å². The zero-order valence-electron chi connectivity index (χ0n) is 14.8. The van der Waals surface area contributed by atoms with Crippen molar-refractivity contribution in [3.8, 4) is 0 Å². The fourth-order valence-corrected chi connectivity index (χ4v) is 6.15. The Bertz CT molecular complexity index is 666. The smallest absolute Gasteiger partial charge is 0.352 e. The molecular formula is C16H21Cl2O5PS2.